The molecule has 0 bridgehead atoms. The van der Waals surface area contributed by atoms with Crippen LogP contribution in [0.1, 0.15) is 12.0 Å². The van der Waals surface area contributed by atoms with Crippen LogP contribution in [0.5, 0.6) is 0 Å². The standard InChI is InChI=1S/C17H32N6O.HI/c1-18-17(20-9-11-23(4)10-6-12-24-5)21-14-15-7-8-19-16(13-15)22(2)3;/h7-8,13H,6,9-12,14H2,1-5H3,(H2,18,20,21);1H. The van der Waals surface area contributed by atoms with Crippen molar-refractivity contribution in [2.45, 2.75) is 13.0 Å². The third kappa shape index (κ3) is 10.5. The molecule has 0 aromatic carbocycles. The smallest absolute Gasteiger partial charge is 0.191 e. The molecular weight excluding hydrogens is 431 g/mol. The van der Waals surface area contributed by atoms with Crippen molar-refractivity contribution in [1.29, 1.82) is 0 Å². The molecule has 0 saturated carbocycles. The third-order valence-corrected chi connectivity index (χ3v) is 3.63. The second-order valence-corrected chi connectivity index (χ2v) is 5.92. The van der Waals surface area contributed by atoms with Gasteiger partial charge in [0.25, 0.3) is 0 Å². The van der Waals surface area contributed by atoms with Gasteiger partial charge in [-0.15, -0.1) is 24.0 Å². The number of likely N-dealkylation sites (N-methyl/N-ethyl adjacent to an activating group) is 1. The summed E-state index contributed by atoms with van der Waals surface area (Å²) in [5, 5.41) is 6.67. The van der Waals surface area contributed by atoms with E-state index in [0.29, 0.717) is 6.54 Å². The van der Waals surface area contributed by atoms with Crippen LogP contribution in [0.15, 0.2) is 23.3 Å². The molecule has 0 amide bonds. The molecular formula is C17H33IN6O. The Balaban J connectivity index is 0.00000576. The zero-order valence-corrected chi connectivity index (χ0v) is 18.4. The van der Waals surface area contributed by atoms with E-state index in [9.17, 15) is 0 Å². The van der Waals surface area contributed by atoms with Crippen molar-refractivity contribution >= 4 is 35.8 Å². The van der Waals surface area contributed by atoms with Gasteiger partial charge < -0.3 is 25.2 Å². The maximum Gasteiger partial charge on any atom is 0.191 e. The van der Waals surface area contributed by atoms with Crippen molar-refractivity contribution in [3.8, 4) is 0 Å². The number of guanidine groups is 1. The SMILES string of the molecule is CN=C(NCCN(C)CCCOC)NCc1ccnc(N(C)C)c1.I. The molecule has 0 unspecified atom stereocenters. The van der Waals surface area contributed by atoms with Gasteiger partial charge in [-0.3, -0.25) is 4.99 Å². The Bertz CT molecular complexity index is 498. The molecule has 2 N–H and O–H groups in total. The highest BCUT2D eigenvalue weighted by Crippen LogP contribution is 2.08. The minimum atomic E-state index is 0. The number of halogens is 1. The largest absolute Gasteiger partial charge is 0.385 e. The summed E-state index contributed by atoms with van der Waals surface area (Å²) in [5.74, 6) is 1.76. The number of nitrogens with zero attached hydrogens (tertiary/aromatic N) is 4. The number of ether oxygens (including phenoxy) is 1. The van der Waals surface area contributed by atoms with Crippen LogP contribution in [0.2, 0.25) is 0 Å². The van der Waals surface area contributed by atoms with Crippen LogP contribution in [-0.2, 0) is 11.3 Å². The summed E-state index contributed by atoms with van der Waals surface area (Å²) in [4.78, 5) is 12.9. The zero-order chi connectivity index (χ0) is 17.8. The van der Waals surface area contributed by atoms with Crippen molar-refractivity contribution in [3.05, 3.63) is 23.9 Å². The van der Waals surface area contributed by atoms with E-state index in [2.05, 4.69) is 38.6 Å². The van der Waals surface area contributed by atoms with Gasteiger partial charge in [0.2, 0.25) is 0 Å². The molecule has 0 aliphatic carbocycles. The third-order valence-electron chi connectivity index (χ3n) is 3.63. The maximum absolute atomic E-state index is 5.07. The number of pyridine rings is 1. The number of aliphatic imine (C=N–C) groups is 1. The van der Waals surface area contributed by atoms with Gasteiger partial charge in [0.05, 0.1) is 0 Å². The van der Waals surface area contributed by atoms with E-state index in [1.807, 2.05) is 31.3 Å². The topological polar surface area (TPSA) is 65.0 Å². The Kier molecular flexibility index (Phi) is 13.4. The predicted molar refractivity (Wildman–Crippen MR) is 116 cm³/mol. The highest BCUT2D eigenvalue weighted by molar-refractivity contribution is 14.0. The van der Waals surface area contributed by atoms with Gasteiger partial charge >= 0.3 is 0 Å². The van der Waals surface area contributed by atoms with Crippen LogP contribution in [-0.4, -0.2) is 77.4 Å². The Morgan fingerprint density at radius 3 is 2.64 bits per heavy atom. The molecule has 0 radical (unpaired) electrons. The van der Waals surface area contributed by atoms with Crippen molar-refractivity contribution < 1.29 is 4.74 Å². The Morgan fingerprint density at radius 1 is 1.24 bits per heavy atom. The summed E-state index contributed by atoms with van der Waals surface area (Å²) >= 11 is 0. The summed E-state index contributed by atoms with van der Waals surface area (Å²) in [6, 6.07) is 4.08. The number of hydrogen-bond acceptors (Lipinski definition) is 5. The first-order chi connectivity index (χ1) is 11.6. The van der Waals surface area contributed by atoms with E-state index in [1.54, 1.807) is 14.2 Å². The van der Waals surface area contributed by atoms with Crippen LogP contribution >= 0.6 is 24.0 Å². The fourth-order valence-electron chi connectivity index (χ4n) is 2.18. The lowest BCUT2D eigenvalue weighted by molar-refractivity contribution is 0.180. The fraction of sp³-hybridized carbons (Fsp3) is 0.647. The summed E-state index contributed by atoms with van der Waals surface area (Å²) in [7, 11) is 9.62. The molecule has 144 valence electrons. The molecule has 0 fully saturated rings. The van der Waals surface area contributed by atoms with Gasteiger partial charge in [-0.2, -0.15) is 0 Å². The van der Waals surface area contributed by atoms with Crippen molar-refractivity contribution in [3.63, 3.8) is 0 Å². The monoisotopic (exact) mass is 464 g/mol. The first-order valence-corrected chi connectivity index (χ1v) is 8.31. The number of nitrogens with one attached hydrogen (secondary N) is 2. The molecule has 1 aromatic rings. The molecule has 25 heavy (non-hydrogen) atoms. The summed E-state index contributed by atoms with van der Waals surface area (Å²) < 4.78 is 5.07. The average Bonchev–Trinajstić information content (AvgIpc) is 2.58. The second-order valence-electron chi connectivity index (χ2n) is 5.92. The first kappa shape index (κ1) is 23.9. The molecule has 0 aliphatic rings. The van der Waals surface area contributed by atoms with Crippen molar-refractivity contribution in [2.75, 3.05) is 66.4 Å². The zero-order valence-electron chi connectivity index (χ0n) is 16.1. The molecule has 1 rings (SSSR count). The number of hydrogen-bond donors (Lipinski definition) is 2. The minimum absolute atomic E-state index is 0. The summed E-state index contributed by atoms with van der Waals surface area (Å²) in [6.45, 7) is 4.37. The molecule has 0 atom stereocenters. The highest BCUT2D eigenvalue weighted by atomic mass is 127. The number of methoxy groups -OCH3 is 1. The van der Waals surface area contributed by atoms with E-state index in [4.69, 9.17) is 4.74 Å². The van der Waals surface area contributed by atoms with E-state index in [0.717, 1.165) is 44.4 Å². The first-order valence-electron chi connectivity index (χ1n) is 8.31. The van der Waals surface area contributed by atoms with Crippen LogP contribution in [0.3, 0.4) is 0 Å². The van der Waals surface area contributed by atoms with E-state index in [-0.39, 0.29) is 24.0 Å². The minimum Gasteiger partial charge on any atom is -0.385 e. The fourth-order valence-corrected chi connectivity index (χ4v) is 2.18. The van der Waals surface area contributed by atoms with Gasteiger partial charge in [-0.25, -0.2) is 4.98 Å². The number of aromatic nitrogens is 1. The predicted octanol–water partition coefficient (Wildman–Crippen LogP) is 1.40. The molecule has 0 spiro atoms. The lowest BCUT2D eigenvalue weighted by atomic mass is 10.2. The Hall–Kier alpha value is -1.13. The van der Waals surface area contributed by atoms with Gasteiger partial charge in [0.15, 0.2) is 5.96 Å². The molecule has 8 heteroatoms. The van der Waals surface area contributed by atoms with E-state index < -0.39 is 0 Å². The lowest BCUT2D eigenvalue weighted by Crippen LogP contribution is -2.40. The van der Waals surface area contributed by atoms with Gasteiger partial charge in [0.1, 0.15) is 5.82 Å². The normalized spacial score (nSPS) is 11.2. The Labute approximate surface area is 169 Å². The molecule has 1 aromatic heterocycles. The second kappa shape index (κ2) is 14.1. The van der Waals surface area contributed by atoms with E-state index in [1.165, 1.54) is 5.56 Å². The van der Waals surface area contributed by atoms with Crippen molar-refractivity contribution in [2.24, 2.45) is 4.99 Å². The average molecular weight is 464 g/mol. The van der Waals surface area contributed by atoms with Gasteiger partial charge in [-0.05, 0) is 31.2 Å². The molecule has 7 nitrogen and oxygen atoms in total. The molecule has 1 heterocycles. The summed E-state index contributed by atoms with van der Waals surface area (Å²) in [6.07, 6.45) is 2.88. The number of anilines is 1. The van der Waals surface area contributed by atoms with Crippen LogP contribution in [0.4, 0.5) is 5.82 Å². The van der Waals surface area contributed by atoms with Crippen LogP contribution in [0, 0.1) is 0 Å². The summed E-state index contributed by atoms with van der Waals surface area (Å²) in [5.41, 5.74) is 1.17. The van der Waals surface area contributed by atoms with Gasteiger partial charge in [0, 0.05) is 67.2 Å². The highest BCUT2D eigenvalue weighted by Gasteiger charge is 2.02. The van der Waals surface area contributed by atoms with E-state index >= 15 is 0 Å². The number of rotatable bonds is 10. The van der Waals surface area contributed by atoms with Crippen molar-refractivity contribution in [1.82, 2.24) is 20.5 Å². The Morgan fingerprint density at radius 2 is 2.00 bits per heavy atom. The van der Waals surface area contributed by atoms with Crippen LogP contribution in [0.25, 0.3) is 0 Å². The molecule has 0 saturated heterocycles. The van der Waals surface area contributed by atoms with Crippen LogP contribution < -0.4 is 15.5 Å². The molecule has 0 aliphatic heterocycles. The van der Waals surface area contributed by atoms with Gasteiger partial charge in [-0.1, -0.05) is 0 Å². The quantitative estimate of drug-likeness (QED) is 0.236. The maximum atomic E-state index is 5.07. The lowest BCUT2D eigenvalue weighted by Gasteiger charge is -2.18.